The van der Waals surface area contributed by atoms with Gasteiger partial charge in [0.2, 0.25) is 0 Å². The number of hydrogen-bond acceptors (Lipinski definition) is 3. The maximum Gasteiger partial charge on any atom is 0.0761 e. The number of fused-ring (bicyclic) bond motifs is 2. The molecule has 2 fully saturated rings. The highest BCUT2D eigenvalue weighted by atomic mass is 16.5. The zero-order valence-electron chi connectivity index (χ0n) is 8.29. The second-order valence-corrected chi connectivity index (χ2v) is 4.21. The first-order chi connectivity index (χ1) is 6.24. The van der Waals surface area contributed by atoms with E-state index in [9.17, 15) is 0 Å². The largest absolute Gasteiger partial charge is 0.382 e. The minimum Gasteiger partial charge on any atom is -0.382 e. The third-order valence-corrected chi connectivity index (χ3v) is 3.27. The molecule has 0 spiro atoms. The van der Waals surface area contributed by atoms with E-state index in [0.29, 0.717) is 12.2 Å². The molecule has 0 radical (unpaired) electrons. The van der Waals surface area contributed by atoms with Crippen molar-refractivity contribution in [3.05, 3.63) is 0 Å². The zero-order chi connectivity index (χ0) is 9.31. The van der Waals surface area contributed by atoms with Crippen molar-refractivity contribution in [2.75, 3.05) is 13.2 Å². The van der Waals surface area contributed by atoms with Crippen LogP contribution >= 0.6 is 0 Å². The Balaban J connectivity index is 1.83. The molecule has 0 saturated carbocycles. The van der Waals surface area contributed by atoms with Crippen molar-refractivity contribution in [3.63, 3.8) is 0 Å². The second-order valence-electron chi connectivity index (χ2n) is 4.21. The second kappa shape index (κ2) is 3.56. The highest BCUT2D eigenvalue weighted by molar-refractivity contribution is 5.04. The monoisotopic (exact) mass is 185 g/mol. The van der Waals surface area contributed by atoms with Crippen LogP contribution in [0.25, 0.3) is 0 Å². The Morgan fingerprint density at radius 2 is 2.38 bits per heavy atom. The van der Waals surface area contributed by atoms with Crippen molar-refractivity contribution >= 4 is 0 Å². The molecule has 2 heterocycles. The molecule has 0 aromatic carbocycles. The molecule has 2 N–H and O–H groups in total. The van der Waals surface area contributed by atoms with Gasteiger partial charge in [-0.1, -0.05) is 0 Å². The summed E-state index contributed by atoms with van der Waals surface area (Å²) in [4.78, 5) is 0. The predicted octanol–water partition coefficient (Wildman–Crippen LogP) is 1.06. The molecule has 2 bridgehead atoms. The van der Waals surface area contributed by atoms with Gasteiger partial charge in [-0.15, -0.1) is 0 Å². The van der Waals surface area contributed by atoms with Crippen LogP contribution in [0.2, 0.25) is 0 Å². The molecular formula is C10H19NO2. The maximum absolute atomic E-state index is 6.28. The van der Waals surface area contributed by atoms with Crippen LogP contribution in [0.5, 0.6) is 0 Å². The van der Waals surface area contributed by atoms with Crippen LogP contribution in [-0.2, 0) is 9.47 Å². The lowest BCUT2D eigenvalue weighted by Gasteiger charge is -2.30. The number of nitrogens with two attached hydrogens (primary N) is 1. The van der Waals surface area contributed by atoms with Gasteiger partial charge in [0.1, 0.15) is 0 Å². The molecule has 2 aliphatic rings. The fraction of sp³-hybridized carbons (Fsp3) is 1.00. The van der Waals surface area contributed by atoms with Gasteiger partial charge in [0.05, 0.1) is 12.2 Å². The van der Waals surface area contributed by atoms with Gasteiger partial charge in [-0.05, 0) is 32.6 Å². The van der Waals surface area contributed by atoms with E-state index in [1.54, 1.807) is 0 Å². The summed E-state index contributed by atoms with van der Waals surface area (Å²) in [6, 6.07) is 0. The SMILES string of the molecule is CCOCCC1(N)CC2CCC1O2. The average Bonchev–Trinajstić information content (AvgIpc) is 2.64. The van der Waals surface area contributed by atoms with Crippen LogP contribution in [0.15, 0.2) is 0 Å². The van der Waals surface area contributed by atoms with Gasteiger partial charge < -0.3 is 15.2 Å². The summed E-state index contributed by atoms with van der Waals surface area (Å²) in [5.41, 5.74) is 6.19. The first-order valence-corrected chi connectivity index (χ1v) is 5.27. The molecule has 2 aliphatic heterocycles. The minimum atomic E-state index is -0.0852. The van der Waals surface area contributed by atoms with Gasteiger partial charge in [0.15, 0.2) is 0 Å². The third-order valence-electron chi connectivity index (χ3n) is 3.27. The predicted molar refractivity (Wildman–Crippen MR) is 50.5 cm³/mol. The van der Waals surface area contributed by atoms with Gasteiger partial charge in [-0.2, -0.15) is 0 Å². The minimum absolute atomic E-state index is 0.0852. The van der Waals surface area contributed by atoms with Gasteiger partial charge in [0, 0.05) is 18.8 Å². The van der Waals surface area contributed by atoms with E-state index in [0.717, 1.165) is 32.5 Å². The van der Waals surface area contributed by atoms with Gasteiger partial charge in [-0.3, -0.25) is 0 Å². The molecule has 0 aromatic heterocycles. The topological polar surface area (TPSA) is 44.5 Å². The molecule has 3 unspecified atom stereocenters. The lowest BCUT2D eigenvalue weighted by atomic mass is 9.80. The first kappa shape index (κ1) is 9.44. The van der Waals surface area contributed by atoms with Gasteiger partial charge in [0.25, 0.3) is 0 Å². The van der Waals surface area contributed by atoms with Crippen LogP contribution in [-0.4, -0.2) is 31.0 Å². The Morgan fingerprint density at radius 3 is 2.92 bits per heavy atom. The molecule has 0 amide bonds. The fourth-order valence-corrected chi connectivity index (χ4v) is 2.50. The van der Waals surface area contributed by atoms with Crippen molar-refractivity contribution in [1.29, 1.82) is 0 Å². The molecule has 0 aliphatic carbocycles. The van der Waals surface area contributed by atoms with Gasteiger partial charge >= 0.3 is 0 Å². The third kappa shape index (κ3) is 1.73. The van der Waals surface area contributed by atoms with Crippen LogP contribution in [0.1, 0.15) is 32.6 Å². The molecule has 3 nitrogen and oxygen atoms in total. The number of ether oxygens (including phenoxy) is 2. The quantitative estimate of drug-likeness (QED) is 0.666. The summed E-state index contributed by atoms with van der Waals surface area (Å²) in [5, 5.41) is 0. The van der Waals surface area contributed by atoms with Crippen molar-refractivity contribution in [2.45, 2.75) is 50.4 Å². The number of rotatable bonds is 4. The van der Waals surface area contributed by atoms with Crippen molar-refractivity contribution in [2.24, 2.45) is 5.73 Å². The summed E-state index contributed by atoms with van der Waals surface area (Å²) >= 11 is 0. The van der Waals surface area contributed by atoms with Crippen LogP contribution < -0.4 is 5.73 Å². The highest BCUT2D eigenvalue weighted by Crippen LogP contribution is 2.41. The molecule has 3 heteroatoms. The lowest BCUT2D eigenvalue weighted by Crippen LogP contribution is -2.49. The Morgan fingerprint density at radius 1 is 1.54 bits per heavy atom. The molecule has 76 valence electrons. The summed E-state index contributed by atoms with van der Waals surface area (Å²) in [7, 11) is 0. The van der Waals surface area contributed by atoms with E-state index in [1.165, 1.54) is 6.42 Å². The van der Waals surface area contributed by atoms with E-state index in [1.807, 2.05) is 6.92 Å². The Kier molecular flexibility index (Phi) is 2.58. The highest BCUT2D eigenvalue weighted by Gasteiger charge is 2.49. The molecule has 3 atom stereocenters. The maximum atomic E-state index is 6.28. The molecule has 2 rings (SSSR count). The smallest absolute Gasteiger partial charge is 0.0761 e. The fourth-order valence-electron chi connectivity index (χ4n) is 2.50. The summed E-state index contributed by atoms with van der Waals surface area (Å²) in [6.07, 6.45) is 5.08. The van der Waals surface area contributed by atoms with E-state index < -0.39 is 0 Å². The summed E-state index contributed by atoms with van der Waals surface area (Å²) < 4.78 is 11.1. The Hall–Kier alpha value is -0.120. The molecular weight excluding hydrogens is 166 g/mol. The Labute approximate surface area is 79.6 Å². The van der Waals surface area contributed by atoms with Gasteiger partial charge in [-0.25, -0.2) is 0 Å². The van der Waals surface area contributed by atoms with Crippen LogP contribution in [0.4, 0.5) is 0 Å². The van der Waals surface area contributed by atoms with Crippen molar-refractivity contribution in [1.82, 2.24) is 0 Å². The summed E-state index contributed by atoms with van der Waals surface area (Å²) in [6.45, 7) is 3.57. The first-order valence-electron chi connectivity index (χ1n) is 5.27. The van der Waals surface area contributed by atoms with E-state index in [-0.39, 0.29) is 5.54 Å². The van der Waals surface area contributed by atoms with Crippen LogP contribution in [0.3, 0.4) is 0 Å². The lowest BCUT2D eigenvalue weighted by molar-refractivity contribution is 0.0685. The van der Waals surface area contributed by atoms with Crippen molar-refractivity contribution in [3.8, 4) is 0 Å². The number of hydrogen-bond donors (Lipinski definition) is 1. The summed E-state index contributed by atoms with van der Waals surface area (Å²) in [5.74, 6) is 0. The van der Waals surface area contributed by atoms with E-state index >= 15 is 0 Å². The molecule has 13 heavy (non-hydrogen) atoms. The van der Waals surface area contributed by atoms with E-state index in [4.69, 9.17) is 15.2 Å². The normalized spacial score (nSPS) is 42.9. The van der Waals surface area contributed by atoms with Crippen LogP contribution in [0, 0.1) is 0 Å². The van der Waals surface area contributed by atoms with E-state index in [2.05, 4.69) is 0 Å². The molecule has 0 aromatic rings. The standard InChI is InChI=1S/C10H19NO2/c1-2-12-6-5-10(11)7-8-3-4-9(10)13-8/h8-9H,2-7,11H2,1H3. The zero-order valence-corrected chi connectivity index (χ0v) is 8.29. The Bertz CT molecular complexity index is 186. The molecule has 2 saturated heterocycles. The van der Waals surface area contributed by atoms with Crippen molar-refractivity contribution < 1.29 is 9.47 Å². The average molecular weight is 185 g/mol.